The van der Waals surface area contributed by atoms with Gasteiger partial charge in [-0.25, -0.2) is 4.98 Å². The summed E-state index contributed by atoms with van der Waals surface area (Å²) in [5.74, 6) is -0.0212. The van der Waals surface area contributed by atoms with Crippen molar-refractivity contribution < 1.29 is 4.79 Å². The Morgan fingerprint density at radius 3 is 2.93 bits per heavy atom. The number of likely N-dealkylation sites (tertiary alicyclic amines) is 1. The molecule has 0 aliphatic carbocycles. The summed E-state index contributed by atoms with van der Waals surface area (Å²) < 4.78 is 0. The normalized spacial score (nSPS) is 20.7. The van der Waals surface area contributed by atoms with Gasteiger partial charge in [0.15, 0.2) is 0 Å². The van der Waals surface area contributed by atoms with E-state index in [2.05, 4.69) is 4.98 Å². The lowest BCUT2D eigenvalue weighted by Crippen LogP contribution is -2.31. The molecule has 1 aliphatic rings. The van der Waals surface area contributed by atoms with E-state index in [1.54, 1.807) is 17.0 Å². The van der Waals surface area contributed by atoms with Gasteiger partial charge >= 0.3 is 0 Å². The molecule has 0 bridgehead atoms. The molecular weight excluding hydrogens is 214 g/mol. The first-order valence-electron chi connectivity index (χ1n) is 4.83. The van der Waals surface area contributed by atoms with E-state index in [0.29, 0.717) is 17.3 Å². The molecule has 80 valence electrons. The van der Waals surface area contributed by atoms with Crippen molar-refractivity contribution in [2.75, 3.05) is 13.1 Å². The number of pyridine rings is 1. The molecule has 0 radical (unpaired) electrons. The molecule has 4 nitrogen and oxygen atoms in total. The number of nitrogens with zero attached hydrogens (tertiary/aromatic N) is 2. The Labute approximate surface area is 93.0 Å². The van der Waals surface area contributed by atoms with Crippen molar-refractivity contribution in [1.29, 1.82) is 0 Å². The van der Waals surface area contributed by atoms with Gasteiger partial charge in [-0.2, -0.15) is 0 Å². The van der Waals surface area contributed by atoms with Gasteiger partial charge < -0.3 is 10.6 Å². The van der Waals surface area contributed by atoms with Crippen LogP contribution in [0.15, 0.2) is 18.3 Å². The van der Waals surface area contributed by atoms with Crippen molar-refractivity contribution in [2.45, 2.75) is 12.5 Å². The van der Waals surface area contributed by atoms with Gasteiger partial charge in [0.25, 0.3) is 5.91 Å². The zero-order valence-electron chi connectivity index (χ0n) is 8.19. The average Bonchev–Trinajstić information content (AvgIpc) is 2.65. The third-order valence-corrected chi connectivity index (χ3v) is 2.71. The maximum absolute atomic E-state index is 11.9. The van der Waals surface area contributed by atoms with Gasteiger partial charge in [0, 0.05) is 25.3 Å². The fourth-order valence-electron chi connectivity index (χ4n) is 1.66. The Morgan fingerprint density at radius 2 is 2.40 bits per heavy atom. The Bertz CT molecular complexity index is 365. The lowest BCUT2D eigenvalue weighted by molar-refractivity contribution is 0.0790. The van der Waals surface area contributed by atoms with Crippen LogP contribution in [-0.2, 0) is 0 Å². The van der Waals surface area contributed by atoms with E-state index >= 15 is 0 Å². The maximum Gasteiger partial charge on any atom is 0.255 e. The van der Waals surface area contributed by atoms with Crippen LogP contribution in [0.5, 0.6) is 0 Å². The van der Waals surface area contributed by atoms with Crippen LogP contribution in [0.3, 0.4) is 0 Å². The predicted octanol–water partition coefficient (Wildman–Crippen LogP) is 0.908. The molecule has 1 aromatic rings. The molecule has 5 heteroatoms. The maximum atomic E-state index is 11.9. The second kappa shape index (κ2) is 4.16. The molecular formula is C10H12ClN3O. The number of carbonyl (C=O) groups excluding carboxylic acids is 1. The first kappa shape index (κ1) is 10.4. The van der Waals surface area contributed by atoms with Crippen LogP contribution >= 0.6 is 11.6 Å². The largest absolute Gasteiger partial charge is 0.337 e. The molecule has 0 saturated carbocycles. The van der Waals surface area contributed by atoms with Crippen LogP contribution in [0, 0.1) is 0 Å². The molecule has 2 heterocycles. The molecule has 1 atom stereocenters. The molecule has 0 unspecified atom stereocenters. The second-order valence-corrected chi connectivity index (χ2v) is 4.06. The van der Waals surface area contributed by atoms with E-state index in [-0.39, 0.29) is 11.9 Å². The minimum absolute atomic E-state index is 0.0212. The number of carbonyl (C=O) groups is 1. The average molecular weight is 226 g/mol. The van der Waals surface area contributed by atoms with Gasteiger partial charge in [-0.3, -0.25) is 4.79 Å². The predicted molar refractivity (Wildman–Crippen MR) is 57.7 cm³/mol. The Hall–Kier alpha value is -1.13. The molecule has 0 spiro atoms. The smallest absolute Gasteiger partial charge is 0.255 e. The lowest BCUT2D eigenvalue weighted by atomic mass is 10.2. The molecule has 1 saturated heterocycles. The Balaban J connectivity index is 2.11. The van der Waals surface area contributed by atoms with E-state index in [1.807, 2.05) is 0 Å². The third kappa shape index (κ3) is 2.27. The van der Waals surface area contributed by atoms with E-state index < -0.39 is 0 Å². The highest BCUT2D eigenvalue weighted by atomic mass is 35.5. The van der Waals surface area contributed by atoms with Crippen molar-refractivity contribution >= 4 is 17.5 Å². The molecule has 2 N–H and O–H groups in total. The summed E-state index contributed by atoms with van der Waals surface area (Å²) in [7, 11) is 0. The van der Waals surface area contributed by atoms with Crippen LogP contribution in [0.4, 0.5) is 0 Å². The highest BCUT2D eigenvalue weighted by molar-refractivity contribution is 6.29. The summed E-state index contributed by atoms with van der Waals surface area (Å²) in [5, 5.41) is 0.393. The van der Waals surface area contributed by atoms with Crippen molar-refractivity contribution in [1.82, 2.24) is 9.88 Å². The minimum atomic E-state index is -0.0212. The Morgan fingerprint density at radius 1 is 1.60 bits per heavy atom. The van der Waals surface area contributed by atoms with Gasteiger partial charge in [-0.15, -0.1) is 0 Å². The molecule has 2 rings (SSSR count). The molecule has 0 aromatic carbocycles. The minimum Gasteiger partial charge on any atom is -0.337 e. The third-order valence-electron chi connectivity index (χ3n) is 2.49. The monoisotopic (exact) mass is 225 g/mol. The fraction of sp³-hybridized carbons (Fsp3) is 0.400. The summed E-state index contributed by atoms with van der Waals surface area (Å²) in [4.78, 5) is 17.5. The number of hydrogen-bond donors (Lipinski definition) is 1. The number of rotatable bonds is 1. The second-order valence-electron chi connectivity index (χ2n) is 3.67. The number of nitrogens with two attached hydrogens (primary N) is 1. The first-order chi connectivity index (χ1) is 7.16. The Kier molecular flexibility index (Phi) is 2.88. The number of hydrogen-bond acceptors (Lipinski definition) is 3. The zero-order chi connectivity index (χ0) is 10.8. The van der Waals surface area contributed by atoms with Gasteiger partial charge in [0.1, 0.15) is 5.15 Å². The SMILES string of the molecule is N[C@H]1CCN(C(=O)c2ccc(Cl)nc2)C1. The lowest BCUT2D eigenvalue weighted by Gasteiger charge is -2.15. The van der Waals surface area contributed by atoms with Gasteiger partial charge in [-0.1, -0.05) is 11.6 Å². The van der Waals surface area contributed by atoms with Crippen LogP contribution < -0.4 is 5.73 Å². The van der Waals surface area contributed by atoms with Crippen LogP contribution in [-0.4, -0.2) is 34.9 Å². The van der Waals surface area contributed by atoms with Crippen molar-refractivity contribution in [3.63, 3.8) is 0 Å². The highest BCUT2D eigenvalue weighted by Gasteiger charge is 2.24. The van der Waals surface area contributed by atoms with Gasteiger partial charge in [-0.05, 0) is 18.6 Å². The van der Waals surface area contributed by atoms with Crippen LogP contribution in [0.25, 0.3) is 0 Å². The van der Waals surface area contributed by atoms with E-state index in [4.69, 9.17) is 17.3 Å². The summed E-state index contributed by atoms with van der Waals surface area (Å²) in [6.07, 6.45) is 2.36. The summed E-state index contributed by atoms with van der Waals surface area (Å²) in [6.45, 7) is 1.35. The summed E-state index contributed by atoms with van der Waals surface area (Å²) in [5.41, 5.74) is 6.30. The van der Waals surface area contributed by atoms with Crippen molar-refractivity contribution in [3.05, 3.63) is 29.0 Å². The van der Waals surface area contributed by atoms with E-state index in [1.165, 1.54) is 6.20 Å². The first-order valence-corrected chi connectivity index (χ1v) is 5.21. The van der Waals surface area contributed by atoms with E-state index in [9.17, 15) is 4.79 Å². The van der Waals surface area contributed by atoms with Gasteiger partial charge in [0.2, 0.25) is 0 Å². The molecule has 1 amide bonds. The quantitative estimate of drug-likeness (QED) is 0.723. The molecule has 1 aromatic heterocycles. The summed E-state index contributed by atoms with van der Waals surface area (Å²) >= 11 is 5.64. The highest BCUT2D eigenvalue weighted by Crippen LogP contribution is 2.13. The van der Waals surface area contributed by atoms with Crippen LogP contribution in [0.2, 0.25) is 5.15 Å². The molecule has 1 aliphatic heterocycles. The fourth-order valence-corrected chi connectivity index (χ4v) is 1.77. The van der Waals surface area contributed by atoms with E-state index in [0.717, 1.165) is 13.0 Å². The topological polar surface area (TPSA) is 59.2 Å². The number of aromatic nitrogens is 1. The molecule has 15 heavy (non-hydrogen) atoms. The molecule has 1 fully saturated rings. The van der Waals surface area contributed by atoms with Gasteiger partial charge in [0.05, 0.1) is 5.56 Å². The summed E-state index contributed by atoms with van der Waals surface area (Å²) in [6, 6.07) is 3.40. The standard InChI is InChI=1S/C10H12ClN3O/c11-9-2-1-7(5-13-9)10(15)14-4-3-8(12)6-14/h1-2,5,8H,3-4,6,12H2/t8-/m0/s1. The zero-order valence-corrected chi connectivity index (χ0v) is 8.94. The van der Waals surface area contributed by atoms with Crippen molar-refractivity contribution in [2.24, 2.45) is 5.73 Å². The number of halogens is 1. The number of amides is 1. The van der Waals surface area contributed by atoms with Crippen molar-refractivity contribution in [3.8, 4) is 0 Å². The van der Waals surface area contributed by atoms with Crippen LogP contribution in [0.1, 0.15) is 16.8 Å².